The Labute approximate surface area is 202 Å². The van der Waals surface area contributed by atoms with Gasteiger partial charge in [-0.25, -0.2) is 8.42 Å². The first-order chi connectivity index (χ1) is 16.8. The van der Waals surface area contributed by atoms with Gasteiger partial charge in [0.25, 0.3) is 10.0 Å². The van der Waals surface area contributed by atoms with Crippen molar-refractivity contribution in [3.8, 4) is 17.6 Å². The molecule has 35 heavy (non-hydrogen) atoms. The molecule has 0 bridgehead atoms. The van der Waals surface area contributed by atoms with Gasteiger partial charge in [0, 0.05) is 5.56 Å². The predicted molar refractivity (Wildman–Crippen MR) is 130 cm³/mol. The smallest absolute Gasteiger partial charge is 0.265 e. The summed E-state index contributed by atoms with van der Waals surface area (Å²) in [4.78, 5) is -0.0736. The van der Waals surface area contributed by atoms with E-state index in [1.165, 1.54) is 16.4 Å². The zero-order valence-electron chi connectivity index (χ0n) is 18.7. The highest BCUT2D eigenvalue weighted by Crippen LogP contribution is 2.51. The summed E-state index contributed by atoms with van der Waals surface area (Å²) >= 11 is 0. The zero-order valence-corrected chi connectivity index (χ0v) is 19.5. The number of methoxy groups -OCH3 is 1. The summed E-state index contributed by atoms with van der Waals surface area (Å²) in [7, 11) is -2.64. The van der Waals surface area contributed by atoms with Crippen molar-refractivity contribution in [2.45, 2.75) is 12.5 Å². The minimum Gasteiger partial charge on any atom is -0.508 e. The van der Waals surface area contributed by atoms with Gasteiger partial charge in [-0.1, -0.05) is 36.4 Å². The summed E-state index contributed by atoms with van der Waals surface area (Å²) in [6.07, 6.45) is 0. The molecule has 0 aromatic heterocycles. The maximum absolute atomic E-state index is 14.2. The Balaban J connectivity index is 1.74. The Morgan fingerprint density at radius 3 is 2.57 bits per heavy atom. The van der Waals surface area contributed by atoms with Crippen molar-refractivity contribution >= 4 is 21.5 Å². The van der Waals surface area contributed by atoms with Crippen molar-refractivity contribution in [1.82, 2.24) is 0 Å². The van der Waals surface area contributed by atoms with E-state index in [-0.39, 0.29) is 34.4 Å². The number of sulfonamides is 1. The number of phenolic OH excluding ortho intramolecular Hbond substituents is 1. The number of phenols is 1. The molecule has 2 heterocycles. The van der Waals surface area contributed by atoms with E-state index in [1.807, 2.05) is 12.1 Å². The van der Waals surface area contributed by atoms with Crippen molar-refractivity contribution in [2.24, 2.45) is 5.73 Å². The molecule has 3 aromatic rings. The number of hydrogen-bond donors (Lipinski definition) is 2. The van der Waals surface area contributed by atoms with Crippen LogP contribution in [0.4, 0.5) is 5.69 Å². The molecule has 0 aliphatic carbocycles. The first-order valence-electron chi connectivity index (χ1n) is 10.7. The number of nitrogens with zero attached hydrogens (tertiary/aromatic N) is 2. The third-order valence-electron chi connectivity index (χ3n) is 6.04. The quantitative estimate of drug-likeness (QED) is 0.571. The Hall–Kier alpha value is -4.42. The van der Waals surface area contributed by atoms with Crippen molar-refractivity contribution in [3.05, 3.63) is 106 Å². The lowest BCUT2D eigenvalue weighted by atomic mass is 9.88. The van der Waals surface area contributed by atoms with Gasteiger partial charge in [-0.15, -0.1) is 0 Å². The van der Waals surface area contributed by atoms with E-state index in [1.54, 1.807) is 61.7 Å². The van der Waals surface area contributed by atoms with Crippen molar-refractivity contribution < 1.29 is 23.0 Å². The summed E-state index contributed by atoms with van der Waals surface area (Å²) in [5, 5.41) is 19.7. The molecule has 0 amide bonds. The molecule has 0 fully saturated rings. The molecule has 5 rings (SSSR count). The largest absolute Gasteiger partial charge is 0.508 e. The Kier molecular flexibility index (Phi) is 5.38. The van der Waals surface area contributed by atoms with Crippen LogP contribution in [0.1, 0.15) is 22.6 Å². The number of allylic oxidation sites excluding steroid dienone is 2. The third kappa shape index (κ3) is 3.64. The van der Waals surface area contributed by atoms with Gasteiger partial charge in [-0.2, -0.15) is 5.26 Å². The van der Waals surface area contributed by atoms with Crippen LogP contribution in [0.15, 0.2) is 89.2 Å². The van der Waals surface area contributed by atoms with E-state index in [2.05, 4.69) is 0 Å². The van der Waals surface area contributed by atoms with Crippen LogP contribution in [0, 0.1) is 11.3 Å². The number of rotatable bonds is 4. The SMILES string of the molecule is COc1cccc(CN2c3ccccc3C3=C(C(c4ccc(O)cc4)C(C#N)=C(N)O3)S2(=O)=O)c1. The minimum atomic E-state index is -4.19. The topological polar surface area (TPSA) is 126 Å². The second-order valence-electron chi connectivity index (χ2n) is 8.09. The van der Waals surface area contributed by atoms with Gasteiger partial charge in [0.2, 0.25) is 5.88 Å². The van der Waals surface area contributed by atoms with Gasteiger partial charge in [0.15, 0.2) is 5.76 Å². The summed E-state index contributed by atoms with van der Waals surface area (Å²) < 4.78 is 40.9. The highest BCUT2D eigenvalue weighted by molar-refractivity contribution is 7.96. The average Bonchev–Trinajstić information content (AvgIpc) is 2.86. The van der Waals surface area contributed by atoms with Crippen LogP contribution >= 0.6 is 0 Å². The first-order valence-corrected chi connectivity index (χ1v) is 12.1. The number of para-hydroxylation sites is 1. The van der Waals surface area contributed by atoms with Crippen LogP contribution in [-0.2, 0) is 21.3 Å². The summed E-state index contributed by atoms with van der Waals surface area (Å²) in [6.45, 7) is 0.0384. The van der Waals surface area contributed by atoms with Crippen LogP contribution in [-0.4, -0.2) is 20.6 Å². The molecule has 3 N–H and O–H groups in total. The van der Waals surface area contributed by atoms with Crippen molar-refractivity contribution in [2.75, 3.05) is 11.4 Å². The van der Waals surface area contributed by atoms with Crippen molar-refractivity contribution in [3.63, 3.8) is 0 Å². The fraction of sp³-hybridized carbons (Fsp3) is 0.115. The molecule has 9 heteroatoms. The lowest BCUT2D eigenvalue weighted by Gasteiger charge is -2.38. The molecular formula is C26H21N3O5S. The fourth-order valence-corrected chi connectivity index (χ4v) is 6.33. The molecule has 8 nitrogen and oxygen atoms in total. The predicted octanol–water partition coefficient (Wildman–Crippen LogP) is 3.93. The summed E-state index contributed by atoms with van der Waals surface area (Å²) in [6, 6.07) is 22.2. The molecule has 0 saturated heterocycles. The Morgan fingerprint density at radius 1 is 1.11 bits per heavy atom. The lowest BCUT2D eigenvalue weighted by molar-refractivity contribution is 0.357. The number of benzene rings is 3. The number of anilines is 1. The van der Waals surface area contributed by atoms with E-state index < -0.39 is 15.9 Å². The zero-order chi connectivity index (χ0) is 24.7. The fourth-order valence-electron chi connectivity index (χ4n) is 4.42. The number of hydrogen-bond acceptors (Lipinski definition) is 7. The van der Waals surface area contributed by atoms with Gasteiger partial charge in [-0.3, -0.25) is 4.31 Å². The van der Waals surface area contributed by atoms with Crippen LogP contribution in [0.2, 0.25) is 0 Å². The highest BCUT2D eigenvalue weighted by atomic mass is 32.2. The average molecular weight is 488 g/mol. The summed E-state index contributed by atoms with van der Waals surface area (Å²) in [5.41, 5.74) is 8.30. The van der Waals surface area contributed by atoms with Gasteiger partial charge in [0.05, 0.1) is 25.3 Å². The monoisotopic (exact) mass is 487 g/mol. The lowest BCUT2D eigenvalue weighted by Crippen LogP contribution is -2.39. The van der Waals surface area contributed by atoms with Crippen LogP contribution in [0.25, 0.3) is 5.76 Å². The Bertz CT molecular complexity index is 1540. The van der Waals surface area contributed by atoms with E-state index in [4.69, 9.17) is 15.2 Å². The number of fused-ring (bicyclic) bond motifs is 2. The number of ether oxygens (including phenoxy) is 2. The molecule has 1 atom stereocenters. The molecule has 2 aliphatic rings. The van der Waals surface area contributed by atoms with Crippen LogP contribution < -0.4 is 14.8 Å². The number of nitrogens with two attached hydrogens (primary N) is 1. The normalized spacial score (nSPS) is 18.3. The van der Waals surface area contributed by atoms with Gasteiger partial charge < -0.3 is 20.3 Å². The van der Waals surface area contributed by atoms with E-state index >= 15 is 0 Å². The van der Waals surface area contributed by atoms with Gasteiger partial charge in [0.1, 0.15) is 28.0 Å². The third-order valence-corrected chi connectivity index (χ3v) is 7.93. The summed E-state index contributed by atoms with van der Waals surface area (Å²) in [5.74, 6) is -0.444. The second-order valence-corrected chi connectivity index (χ2v) is 9.92. The number of nitriles is 1. The van der Waals surface area contributed by atoms with E-state index in [0.717, 1.165) is 5.56 Å². The van der Waals surface area contributed by atoms with E-state index in [0.29, 0.717) is 22.6 Å². The molecule has 1 unspecified atom stereocenters. The molecule has 176 valence electrons. The second kappa shape index (κ2) is 8.42. The standard InChI is InChI=1S/C26H21N3O5S/c1-33-19-6-4-5-16(13-19)15-29-22-8-3-2-7-20(22)24-25(35(29,31)32)23(21(14-27)26(28)34-24)17-9-11-18(30)12-10-17/h2-13,23,30H,15,28H2,1H3. The molecule has 0 saturated carbocycles. The highest BCUT2D eigenvalue weighted by Gasteiger charge is 2.47. The Morgan fingerprint density at radius 2 is 1.86 bits per heavy atom. The first kappa shape index (κ1) is 22.4. The maximum atomic E-state index is 14.2. The van der Waals surface area contributed by atoms with Crippen molar-refractivity contribution in [1.29, 1.82) is 5.26 Å². The van der Waals surface area contributed by atoms with Gasteiger partial charge >= 0.3 is 0 Å². The van der Waals surface area contributed by atoms with Crippen LogP contribution in [0.5, 0.6) is 11.5 Å². The van der Waals surface area contributed by atoms with Crippen LogP contribution in [0.3, 0.4) is 0 Å². The molecule has 2 aliphatic heterocycles. The molecule has 0 spiro atoms. The number of aromatic hydroxyl groups is 1. The maximum Gasteiger partial charge on any atom is 0.265 e. The van der Waals surface area contributed by atoms with Gasteiger partial charge in [-0.05, 0) is 47.5 Å². The molecule has 0 radical (unpaired) electrons. The molecular weight excluding hydrogens is 466 g/mol. The van der Waals surface area contributed by atoms with E-state index in [9.17, 15) is 18.8 Å². The minimum absolute atomic E-state index is 0.0151. The molecule has 3 aromatic carbocycles.